The number of rotatable bonds is 5. The highest BCUT2D eigenvalue weighted by molar-refractivity contribution is 6.02. The van der Waals surface area contributed by atoms with E-state index in [0.717, 1.165) is 0 Å². The lowest BCUT2D eigenvalue weighted by Crippen LogP contribution is -2.19. The summed E-state index contributed by atoms with van der Waals surface area (Å²) in [5, 5.41) is 13.1. The number of para-hydroxylation sites is 1. The normalized spacial score (nSPS) is 11.4. The first kappa shape index (κ1) is 16.4. The molecule has 0 aliphatic rings. The first-order chi connectivity index (χ1) is 11.0. The quantitative estimate of drug-likeness (QED) is 0.657. The molecule has 0 aliphatic heterocycles. The van der Waals surface area contributed by atoms with E-state index in [2.05, 4.69) is 15.3 Å². The maximum absolute atomic E-state index is 12.4. The van der Waals surface area contributed by atoms with Crippen molar-refractivity contribution in [2.75, 3.05) is 0 Å². The van der Waals surface area contributed by atoms with Gasteiger partial charge < -0.3 is 9.84 Å². The van der Waals surface area contributed by atoms with Crippen LogP contribution < -0.4 is 10.2 Å². The van der Waals surface area contributed by atoms with Crippen LogP contribution in [0.3, 0.4) is 0 Å². The van der Waals surface area contributed by atoms with Crippen LogP contribution in [0.5, 0.6) is 11.5 Å². The molecule has 120 valence electrons. The van der Waals surface area contributed by atoms with Crippen molar-refractivity contribution in [3.63, 3.8) is 0 Å². The minimum Gasteiger partial charge on any atom is -0.508 e. The number of ether oxygens (including phenoxy) is 1. The van der Waals surface area contributed by atoms with E-state index in [0.29, 0.717) is 16.8 Å². The topological polar surface area (TPSA) is 70.9 Å². The Bertz CT molecular complexity index is 716. The predicted octanol–water partition coefficient (Wildman–Crippen LogP) is 3.15. The maximum atomic E-state index is 12.4. The van der Waals surface area contributed by atoms with Crippen molar-refractivity contribution in [1.29, 1.82) is 0 Å². The molecule has 0 aliphatic carbocycles. The number of phenolic OH excluding ortho intramolecular Hbond substituents is 1. The highest BCUT2D eigenvalue weighted by Gasteiger charge is 2.11. The van der Waals surface area contributed by atoms with Crippen molar-refractivity contribution in [2.45, 2.75) is 13.5 Å². The Morgan fingerprint density at radius 2 is 1.83 bits per heavy atom. The van der Waals surface area contributed by atoms with E-state index in [1.54, 1.807) is 25.1 Å². The second-order valence-corrected chi connectivity index (χ2v) is 4.56. The standard InChI is InChI=1S/C16H14F2N2O3/c1-10(13-4-2-3-5-14(13)23-16(17)18)19-20-15(22)11-6-8-12(21)9-7-11/h2-9,16,21H,1H3,(H,20,22)/b19-10-. The van der Waals surface area contributed by atoms with Crippen LogP contribution in [0.4, 0.5) is 8.78 Å². The monoisotopic (exact) mass is 320 g/mol. The SMILES string of the molecule is C/C(=N/NC(=O)c1ccc(O)cc1)c1ccccc1OC(F)F. The molecule has 2 aromatic rings. The average molecular weight is 320 g/mol. The van der Waals surface area contributed by atoms with Crippen molar-refractivity contribution in [3.8, 4) is 11.5 Å². The number of hydrazone groups is 1. The number of alkyl halides is 2. The molecule has 0 aromatic heterocycles. The van der Waals surface area contributed by atoms with Crippen molar-refractivity contribution in [1.82, 2.24) is 5.43 Å². The zero-order valence-electron chi connectivity index (χ0n) is 12.2. The number of carbonyl (C=O) groups is 1. The molecule has 0 bridgehead atoms. The lowest BCUT2D eigenvalue weighted by atomic mass is 10.1. The van der Waals surface area contributed by atoms with Crippen LogP contribution in [0.2, 0.25) is 0 Å². The fourth-order valence-corrected chi connectivity index (χ4v) is 1.84. The molecule has 0 saturated carbocycles. The molecule has 2 rings (SSSR count). The highest BCUT2D eigenvalue weighted by atomic mass is 19.3. The Balaban J connectivity index is 2.14. The molecule has 0 fully saturated rings. The number of halogens is 2. The third kappa shape index (κ3) is 4.50. The number of nitrogens with one attached hydrogen (secondary N) is 1. The second-order valence-electron chi connectivity index (χ2n) is 4.56. The first-order valence-corrected chi connectivity index (χ1v) is 6.65. The molecule has 0 unspecified atom stereocenters. The van der Waals surface area contributed by atoms with Gasteiger partial charge in [-0.15, -0.1) is 0 Å². The summed E-state index contributed by atoms with van der Waals surface area (Å²) in [5.41, 5.74) is 3.28. The number of benzene rings is 2. The molecule has 2 N–H and O–H groups in total. The van der Waals surface area contributed by atoms with Gasteiger partial charge in [0.1, 0.15) is 11.5 Å². The van der Waals surface area contributed by atoms with E-state index < -0.39 is 12.5 Å². The average Bonchev–Trinajstić information content (AvgIpc) is 2.53. The van der Waals surface area contributed by atoms with Gasteiger partial charge in [0.25, 0.3) is 5.91 Å². The molecule has 0 radical (unpaired) electrons. The Kier molecular flexibility index (Phi) is 5.24. The molecule has 2 aromatic carbocycles. The van der Waals surface area contributed by atoms with Gasteiger partial charge in [0.05, 0.1) is 5.71 Å². The fraction of sp³-hybridized carbons (Fsp3) is 0.125. The van der Waals surface area contributed by atoms with Gasteiger partial charge >= 0.3 is 6.61 Å². The summed E-state index contributed by atoms with van der Waals surface area (Å²) in [6.07, 6.45) is 0. The zero-order chi connectivity index (χ0) is 16.8. The molecular formula is C16H14F2N2O3. The van der Waals surface area contributed by atoms with Gasteiger partial charge in [-0.05, 0) is 43.3 Å². The lowest BCUT2D eigenvalue weighted by Gasteiger charge is -2.10. The van der Waals surface area contributed by atoms with Crippen molar-refractivity contribution < 1.29 is 23.4 Å². The van der Waals surface area contributed by atoms with Gasteiger partial charge in [-0.25, -0.2) is 5.43 Å². The molecule has 0 spiro atoms. The Morgan fingerprint density at radius 3 is 2.48 bits per heavy atom. The number of phenols is 1. The van der Waals surface area contributed by atoms with Crippen LogP contribution >= 0.6 is 0 Å². The van der Waals surface area contributed by atoms with Gasteiger partial charge in [-0.3, -0.25) is 4.79 Å². The summed E-state index contributed by atoms with van der Waals surface area (Å²) in [7, 11) is 0. The first-order valence-electron chi connectivity index (χ1n) is 6.65. The molecule has 1 amide bonds. The van der Waals surface area contributed by atoms with Gasteiger partial charge in [0.2, 0.25) is 0 Å². The molecule has 0 atom stereocenters. The summed E-state index contributed by atoms with van der Waals surface area (Å²) in [5.74, 6) is -0.474. The molecule has 0 saturated heterocycles. The van der Waals surface area contributed by atoms with Crippen molar-refractivity contribution >= 4 is 11.6 Å². The van der Waals surface area contributed by atoms with Crippen LogP contribution in [-0.4, -0.2) is 23.3 Å². The molecule has 0 heterocycles. The molecule has 7 heteroatoms. The van der Waals surface area contributed by atoms with Crippen LogP contribution in [-0.2, 0) is 0 Å². The Hall–Kier alpha value is -2.96. The Morgan fingerprint density at radius 1 is 1.17 bits per heavy atom. The molecule has 5 nitrogen and oxygen atoms in total. The number of aromatic hydroxyl groups is 1. The maximum Gasteiger partial charge on any atom is 0.387 e. The smallest absolute Gasteiger partial charge is 0.387 e. The van der Waals surface area contributed by atoms with Crippen LogP contribution in [0.25, 0.3) is 0 Å². The molecular weight excluding hydrogens is 306 g/mol. The summed E-state index contributed by atoms with van der Waals surface area (Å²) in [4.78, 5) is 11.9. The summed E-state index contributed by atoms with van der Waals surface area (Å²) in [6.45, 7) is -1.39. The minimum atomic E-state index is -2.95. The predicted molar refractivity (Wildman–Crippen MR) is 80.9 cm³/mol. The largest absolute Gasteiger partial charge is 0.508 e. The summed E-state index contributed by atoms with van der Waals surface area (Å²) >= 11 is 0. The summed E-state index contributed by atoms with van der Waals surface area (Å²) in [6, 6.07) is 11.8. The van der Waals surface area contributed by atoms with Crippen LogP contribution in [0, 0.1) is 0 Å². The van der Waals surface area contributed by atoms with Crippen LogP contribution in [0.15, 0.2) is 53.6 Å². The van der Waals surface area contributed by atoms with E-state index >= 15 is 0 Å². The third-order valence-corrected chi connectivity index (χ3v) is 2.95. The van der Waals surface area contributed by atoms with Gasteiger partial charge in [-0.2, -0.15) is 13.9 Å². The zero-order valence-corrected chi connectivity index (χ0v) is 12.2. The van der Waals surface area contributed by atoms with Gasteiger partial charge in [0.15, 0.2) is 0 Å². The van der Waals surface area contributed by atoms with Crippen molar-refractivity contribution in [3.05, 3.63) is 59.7 Å². The van der Waals surface area contributed by atoms with E-state index in [9.17, 15) is 18.7 Å². The number of nitrogens with zero attached hydrogens (tertiary/aromatic N) is 1. The van der Waals surface area contributed by atoms with E-state index in [-0.39, 0.29) is 11.5 Å². The number of carbonyl (C=O) groups excluding carboxylic acids is 1. The number of hydrogen-bond donors (Lipinski definition) is 2. The van der Waals surface area contributed by atoms with Crippen LogP contribution in [0.1, 0.15) is 22.8 Å². The van der Waals surface area contributed by atoms with E-state index in [1.807, 2.05) is 0 Å². The Labute approximate surface area is 131 Å². The van der Waals surface area contributed by atoms with Gasteiger partial charge in [0, 0.05) is 11.1 Å². The number of hydrogen-bond acceptors (Lipinski definition) is 4. The van der Waals surface area contributed by atoms with Crippen molar-refractivity contribution in [2.24, 2.45) is 5.10 Å². The van der Waals surface area contributed by atoms with E-state index in [4.69, 9.17) is 0 Å². The third-order valence-electron chi connectivity index (χ3n) is 2.95. The number of amides is 1. The summed E-state index contributed by atoms with van der Waals surface area (Å²) < 4.78 is 29.2. The van der Waals surface area contributed by atoms with E-state index in [1.165, 1.54) is 30.3 Å². The molecule has 23 heavy (non-hydrogen) atoms. The second kappa shape index (κ2) is 7.35. The minimum absolute atomic E-state index is 0.0253. The van der Waals surface area contributed by atoms with Gasteiger partial charge in [-0.1, -0.05) is 12.1 Å². The highest BCUT2D eigenvalue weighted by Crippen LogP contribution is 2.21. The fourth-order valence-electron chi connectivity index (χ4n) is 1.84. The lowest BCUT2D eigenvalue weighted by molar-refractivity contribution is -0.0499.